The van der Waals surface area contributed by atoms with Crippen LogP contribution in [0.4, 0.5) is 21.0 Å². The van der Waals surface area contributed by atoms with Crippen molar-refractivity contribution in [2.75, 3.05) is 10.6 Å². The first-order valence-electron chi connectivity index (χ1n) is 7.56. The second-order valence-electron chi connectivity index (χ2n) is 5.21. The van der Waals surface area contributed by atoms with E-state index < -0.39 is 5.25 Å². The fraction of sp³-hybridized carbons (Fsp3) is 0.125. The van der Waals surface area contributed by atoms with E-state index in [9.17, 15) is 9.18 Å². The zero-order valence-corrected chi connectivity index (χ0v) is 16.9. The highest BCUT2D eigenvalue weighted by Crippen LogP contribution is 2.31. The number of hydrogen-bond donors (Lipinski definition) is 2. The molecule has 1 amide bonds. The third-order valence-electron chi connectivity index (χ3n) is 3.22. The maximum absolute atomic E-state index is 13.7. The molecule has 1 aromatic carbocycles. The molecule has 140 valence electrons. The van der Waals surface area contributed by atoms with Gasteiger partial charge in [-0.1, -0.05) is 58.4 Å². The fourth-order valence-electron chi connectivity index (χ4n) is 1.92. The van der Waals surface area contributed by atoms with Crippen molar-refractivity contribution in [1.82, 2.24) is 15.2 Å². The van der Waals surface area contributed by atoms with Crippen LogP contribution in [-0.4, -0.2) is 26.3 Å². The summed E-state index contributed by atoms with van der Waals surface area (Å²) in [6, 6.07) is 7.76. The topological polar surface area (TPSA) is 79.8 Å². The first-order chi connectivity index (χ1) is 12.9. The van der Waals surface area contributed by atoms with Crippen LogP contribution in [0.2, 0.25) is 10.0 Å². The average molecular weight is 444 g/mol. The van der Waals surface area contributed by atoms with E-state index in [1.165, 1.54) is 41.4 Å². The lowest BCUT2D eigenvalue weighted by Gasteiger charge is -2.10. The minimum atomic E-state index is -0.479. The minimum Gasteiger partial charge on any atom is -0.328 e. The average Bonchev–Trinajstić information content (AvgIpc) is 3.06. The van der Waals surface area contributed by atoms with E-state index in [0.29, 0.717) is 20.2 Å². The van der Waals surface area contributed by atoms with Gasteiger partial charge in [0, 0.05) is 6.20 Å². The van der Waals surface area contributed by atoms with E-state index in [-0.39, 0.29) is 22.6 Å². The Morgan fingerprint density at radius 1 is 1.30 bits per heavy atom. The molecule has 0 aliphatic rings. The number of hydrogen-bond acceptors (Lipinski definition) is 7. The molecule has 0 aliphatic heterocycles. The van der Waals surface area contributed by atoms with E-state index in [1.807, 2.05) is 0 Å². The third-order valence-corrected chi connectivity index (χ3v) is 5.74. The molecule has 0 spiro atoms. The normalized spacial score (nSPS) is 11.9. The summed E-state index contributed by atoms with van der Waals surface area (Å²) >= 11 is 14.2. The Morgan fingerprint density at radius 3 is 2.81 bits per heavy atom. The first-order valence-corrected chi connectivity index (χ1v) is 10.0. The van der Waals surface area contributed by atoms with Crippen LogP contribution in [0.3, 0.4) is 0 Å². The van der Waals surface area contributed by atoms with Gasteiger partial charge in [-0.25, -0.2) is 9.37 Å². The summed E-state index contributed by atoms with van der Waals surface area (Å²) in [5, 5.41) is 14.1. The van der Waals surface area contributed by atoms with Gasteiger partial charge >= 0.3 is 0 Å². The lowest BCUT2D eigenvalue weighted by Crippen LogP contribution is -2.23. The number of nitrogens with one attached hydrogen (secondary N) is 2. The van der Waals surface area contributed by atoms with Gasteiger partial charge in [-0.05, 0) is 25.1 Å². The zero-order valence-electron chi connectivity index (χ0n) is 13.7. The highest BCUT2D eigenvalue weighted by Gasteiger charge is 2.19. The summed E-state index contributed by atoms with van der Waals surface area (Å²) in [4.78, 5) is 16.3. The van der Waals surface area contributed by atoms with Gasteiger partial charge < -0.3 is 10.6 Å². The molecule has 2 N–H and O–H groups in total. The zero-order chi connectivity index (χ0) is 19.4. The minimum absolute atomic E-state index is 0.234. The van der Waals surface area contributed by atoms with Crippen LogP contribution in [0.5, 0.6) is 0 Å². The molecule has 0 aliphatic carbocycles. The Bertz CT molecular complexity index is 971. The predicted octanol–water partition coefficient (Wildman–Crippen LogP) is 5.24. The molecular weight excluding hydrogens is 432 g/mol. The number of aromatic nitrogens is 3. The molecular formula is C16H12Cl2FN5OS2. The Hall–Kier alpha value is -1.94. The number of nitrogens with zero attached hydrogens (tertiary/aromatic N) is 3. The second kappa shape index (κ2) is 8.83. The van der Waals surface area contributed by atoms with Crippen molar-refractivity contribution < 1.29 is 9.18 Å². The molecule has 3 aromatic rings. The Kier molecular flexibility index (Phi) is 6.48. The van der Waals surface area contributed by atoms with Gasteiger partial charge in [0.05, 0.1) is 21.0 Å². The number of para-hydroxylation sites is 1. The molecule has 27 heavy (non-hydrogen) atoms. The Labute approximate surface area is 172 Å². The molecule has 3 rings (SSSR count). The van der Waals surface area contributed by atoms with Crippen molar-refractivity contribution in [3.8, 4) is 0 Å². The molecule has 2 aromatic heterocycles. The van der Waals surface area contributed by atoms with Crippen molar-refractivity contribution in [3.05, 3.63) is 52.4 Å². The van der Waals surface area contributed by atoms with Crippen molar-refractivity contribution in [2.24, 2.45) is 0 Å². The largest absolute Gasteiger partial charge is 0.328 e. The number of carbonyl (C=O) groups is 1. The molecule has 1 atom stereocenters. The molecule has 0 saturated carbocycles. The SMILES string of the molecule is CC(Sc1nnc(Nc2ccccc2F)s1)C(=O)Nc1ncc(Cl)cc1Cl. The van der Waals surface area contributed by atoms with Crippen LogP contribution in [0, 0.1) is 5.82 Å². The van der Waals surface area contributed by atoms with Gasteiger partial charge in [-0.3, -0.25) is 4.79 Å². The van der Waals surface area contributed by atoms with Gasteiger partial charge in [0.1, 0.15) is 5.82 Å². The summed E-state index contributed by atoms with van der Waals surface area (Å²) < 4.78 is 14.2. The second-order valence-corrected chi connectivity index (χ2v) is 8.62. The van der Waals surface area contributed by atoms with Crippen molar-refractivity contribution in [3.63, 3.8) is 0 Å². The summed E-state index contributed by atoms with van der Waals surface area (Å²) in [6.07, 6.45) is 1.40. The van der Waals surface area contributed by atoms with Crippen LogP contribution >= 0.6 is 46.3 Å². The molecule has 1 unspecified atom stereocenters. The van der Waals surface area contributed by atoms with Crippen LogP contribution in [0.1, 0.15) is 6.92 Å². The summed E-state index contributed by atoms with van der Waals surface area (Å²) in [5.41, 5.74) is 0.305. The van der Waals surface area contributed by atoms with Gasteiger partial charge in [0.15, 0.2) is 10.2 Å². The Morgan fingerprint density at radius 2 is 2.07 bits per heavy atom. The summed E-state index contributed by atoms with van der Waals surface area (Å²) in [5.74, 6) is -0.449. The van der Waals surface area contributed by atoms with E-state index in [4.69, 9.17) is 23.2 Å². The quantitative estimate of drug-likeness (QED) is 0.506. The monoisotopic (exact) mass is 443 g/mol. The molecule has 0 radical (unpaired) electrons. The van der Waals surface area contributed by atoms with Crippen molar-refractivity contribution in [2.45, 2.75) is 16.5 Å². The van der Waals surface area contributed by atoms with Gasteiger partial charge in [0.2, 0.25) is 11.0 Å². The maximum atomic E-state index is 13.7. The van der Waals surface area contributed by atoms with Crippen LogP contribution < -0.4 is 10.6 Å². The number of benzene rings is 1. The van der Waals surface area contributed by atoms with Crippen LogP contribution in [0.15, 0.2) is 40.9 Å². The maximum Gasteiger partial charge on any atom is 0.238 e. The van der Waals surface area contributed by atoms with Gasteiger partial charge in [-0.2, -0.15) is 0 Å². The lowest BCUT2D eigenvalue weighted by molar-refractivity contribution is -0.115. The van der Waals surface area contributed by atoms with Crippen LogP contribution in [0.25, 0.3) is 0 Å². The number of halogens is 3. The van der Waals surface area contributed by atoms with E-state index >= 15 is 0 Å². The molecule has 11 heteroatoms. The summed E-state index contributed by atoms with van der Waals surface area (Å²) in [7, 11) is 0. The molecule has 0 fully saturated rings. The summed E-state index contributed by atoms with van der Waals surface area (Å²) in [6.45, 7) is 1.72. The van der Waals surface area contributed by atoms with Gasteiger partial charge in [0.25, 0.3) is 0 Å². The van der Waals surface area contributed by atoms with E-state index in [1.54, 1.807) is 25.1 Å². The highest BCUT2D eigenvalue weighted by molar-refractivity contribution is 8.02. The molecule has 6 nitrogen and oxygen atoms in total. The number of amides is 1. The number of rotatable bonds is 6. The lowest BCUT2D eigenvalue weighted by atomic mass is 10.3. The molecule has 2 heterocycles. The fourth-order valence-corrected chi connectivity index (χ4v) is 4.25. The molecule has 0 bridgehead atoms. The van der Waals surface area contributed by atoms with Crippen molar-refractivity contribution in [1.29, 1.82) is 0 Å². The number of pyridine rings is 1. The smallest absolute Gasteiger partial charge is 0.238 e. The van der Waals surface area contributed by atoms with E-state index in [0.717, 1.165) is 0 Å². The van der Waals surface area contributed by atoms with Crippen LogP contribution in [-0.2, 0) is 4.79 Å². The number of anilines is 3. The number of thioether (sulfide) groups is 1. The van der Waals surface area contributed by atoms with Gasteiger partial charge in [-0.15, -0.1) is 10.2 Å². The highest BCUT2D eigenvalue weighted by atomic mass is 35.5. The van der Waals surface area contributed by atoms with E-state index in [2.05, 4.69) is 25.8 Å². The third kappa shape index (κ3) is 5.29. The Balaban J connectivity index is 1.61. The molecule has 0 saturated heterocycles. The van der Waals surface area contributed by atoms with Crippen molar-refractivity contribution >= 4 is 68.8 Å². The first kappa shape index (κ1) is 19.8. The standard InChI is InChI=1S/C16H12Cl2FN5OS2/c1-8(14(25)22-13-10(18)6-9(17)7-20-13)26-16-24-23-15(27-16)21-12-5-3-2-4-11(12)19/h2-8H,1H3,(H,21,23)(H,20,22,25). The number of carbonyl (C=O) groups excluding carboxylic acids is 1. The predicted molar refractivity (Wildman–Crippen MR) is 108 cm³/mol.